The maximum atomic E-state index is 11.8. The summed E-state index contributed by atoms with van der Waals surface area (Å²) in [6.07, 6.45) is 3.54. The second kappa shape index (κ2) is 5.59. The standard InChI is InChI=1S/C12H11IN2OS/c1-8-5-14-3-2-9(8)6-15-12(16)10-4-11(13)17-7-10/h2-5,7H,6H2,1H3,(H,15,16). The van der Waals surface area contributed by atoms with Gasteiger partial charge in [0.2, 0.25) is 0 Å². The molecule has 0 bridgehead atoms. The van der Waals surface area contributed by atoms with Crippen LogP contribution < -0.4 is 5.32 Å². The van der Waals surface area contributed by atoms with Gasteiger partial charge in [-0.1, -0.05) is 0 Å². The second-order valence-corrected chi connectivity index (χ2v) is 6.43. The molecule has 17 heavy (non-hydrogen) atoms. The maximum Gasteiger partial charge on any atom is 0.252 e. The van der Waals surface area contributed by atoms with Gasteiger partial charge < -0.3 is 5.32 Å². The molecule has 0 saturated carbocycles. The number of amides is 1. The third-order valence-electron chi connectivity index (χ3n) is 2.41. The van der Waals surface area contributed by atoms with Gasteiger partial charge in [0.05, 0.1) is 8.45 Å². The first-order valence-electron chi connectivity index (χ1n) is 5.08. The molecule has 1 N–H and O–H groups in total. The molecule has 0 radical (unpaired) electrons. The van der Waals surface area contributed by atoms with Crippen LogP contribution in [0.15, 0.2) is 29.9 Å². The normalized spacial score (nSPS) is 10.2. The van der Waals surface area contributed by atoms with E-state index in [1.807, 2.05) is 24.4 Å². The first kappa shape index (κ1) is 12.5. The molecule has 0 unspecified atom stereocenters. The number of halogens is 1. The Morgan fingerprint density at radius 2 is 2.41 bits per heavy atom. The van der Waals surface area contributed by atoms with E-state index in [1.165, 1.54) is 0 Å². The van der Waals surface area contributed by atoms with Crippen LogP contribution in [0.5, 0.6) is 0 Å². The summed E-state index contributed by atoms with van der Waals surface area (Å²) in [5.74, 6) is -0.0274. The fourth-order valence-corrected chi connectivity index (χ4v) is 2.73. The lowest BCUT2D eigenvalue weighted by Gasteiger charge is -2.06. The number of carbonyl (C=O) groups excluding carboxylic acids is 1. The van der Waals surface area contributed by atoms with Gasteiger partial charge in [-0.25, -0.2) is 0 Å². The SMILES string of the molecule is Cc1cnccc1CNC(=O)c1csc(I)c1. The number of carbonyl (C=O) groups is 1. The van der Waals surface area contributed by atoms with Gasteiger partial charge in [-0.05, 0) is 52.8 Å². The fourth-order valence-electron chi connectivity index (χ4n) is 1.41. The summed E-state index contributed by atoms with van der Waals surface area (Å²) in [5.41, 5.74) is 2.91. The Hall–Kier alpha value is -0.950. The van der Waals surface area contributed by atoms with E-state index in [0.29, 0.717) is 6.54 Å². The zero-order valence-corrected chi connectivity index (χ0v) is 12.2. The van der Waals surface area contributed by atoms with Gasteiger partial charge in [-0.2, -0.15) is 0 Å². The number of aromatic nitrogens is 1. The summed E-state index contributed by atoms with van der Waals surface area (Å²) < 4.78 is 1.12. The van der Waals surface area contributed by atoms with Crippen LogP contribution in [0.4, 0.5) is 0 Å². The van der Waals surface area contributed by atoms with E-state index in [2.05, 4.69) is 32.9 Å². The van der Waals surface area contributed by atoms with Crippen molar-refractivity contribution in [3.8, 4) is 0 Å². The molecule has 0 saturated heterocycles. The first-order chi connectivity index (χ1) is 8.16. The van der Waals surface area contributed by atoms with Gasteiger partial charge in [0.15, 0.2) is 0 Å². The summed E-state index contributed by atoms with van der Waals surface area (Å²) in [7, 11) is 0. The summed E-state index contributed by atoms with van der Waals surface area (Å²) >= 11 is 3.78. The number of rotatable bonds is 3. The number of pyridine rings is 1. The molecule has 5 heteroatoms. The van der Waals surface area contributed by atoms with Crippen LogP contribution in [0, 0.1) is 9.81 Å². The highest BCUT2D eigenvalue weighted by Crippen LogP contribution is 2.16. The molecule has 0 spiro atoms. The lowest BCUT2D eigenvalue weighted by atomic mass is 10.1. The monoisotopic (exact) mass is 358 g/mol. The average molecular weight is 358 g/mol. The second-order valence-electron chi connectivity index (χ2n) is 3.62. The highest BCUT2D eigenvalue weighted by molar-refractivity contribution is 14.1. The average Bonchev–Trinajstić information content (AvgIpc) is 2.74. The van der Waals surface area contributed by atoms with E-state index in [4.69, 9.17) is 0 Å². The molecule has 0 aliphatic heterocycles. The van der Waals surface area contributed by atoms with Crippen LogP contribution in [-0.4, -0.2) is 10.9 Å². The van der Waals surface area contributed by atoms with Gasteiger partial charge in [-0.15, -0.1) is 11.3 Å². The number of hydrogen-bond acceptors (Lipinski definition) is 3. The lowest BCUT2D eigenvalue weighted by molar-refractivity contribution is 0.0951. The van der Waals surface area contributed by atoms with Crippen molar-refractivity contribution in [2.24, 2.45) is 0 Å². The Kier molecular flexibility index (Phi) is 4.11. The Morgan fingerprint density at radius 1 is 1.59 bits per heavy atom. The minimum atomic E-state index is -0.0274. The quantitative estimate of drug-likeness (QED) is 0.858. The molecule has 0 fully saturated rings. The van der Waals surface area contributed by atoms with Crippen molar-refractivity contribution in [2.45, 2.75) is 13.5 Å². The summed E-state index contributed by atoms with van der Waals surface area (Å²) in [4.78, 5) is 15.8. The molecule has 88 valence electrons. The van der Waals surface area contributed by atoms with Crippen molar-refractivity contribution in [1.29, 1.82) is 0 Å². The van der Waals surface area contributed by atoms with Crippen molar-refractivity contribution in [1.82, 2.24) is 10.3 Å². The van der Waals surface area contributed by atoms with Crippen LogP contribution in [0.1, 0.15) is 21.5 Å². The van der Waals surface area contributed by atoms with Gasteiger partial charge in [-0.3, -0.25) is 9.78 Å². The van der Waals surface area contributed by atoms with E-state index in [9.17, 15) is 4.79 Å². The Balaban J connectivity index is 1.99. The largest absolute Gasteiger partial charge is 0.348 e. The molecular weight excluding hydrogens is 347 g/mol. The minimum Gasteiger partial charge on any atom is -0.348 e. The fraction of sp³-hybridized carbons (Fsp3) is 0.167. The van der Waals surface area contributed by atoms with Crippen molar-refractivity contribution in [3.05, 3.63) is 49.5 Å². The Bertz CT molecular complexity index is 539. The van der Waals surface area contributed by atoms with E-state index in [1.54, 1.807) is 23.7 Å². The van der Waals surface area contributed by atoms with Gasteiger partial charge >= 0.3 is 0 Å². The molecule has 2 heterocycles. The van der Waals surface area contributed by atoms with Crippen molar-refractivity contribution >= 4 is 39.8 Å². The number of nitrogens with one attached hydrogen (secondary N) is 1. The minimum absolute atomic E-state index is 0.0274. The third kappa shape index (κ3) is 3.26. The molecule has 2 aromatic heterocycles. The zero-order chi connectivity index (χ0) is 12.3. The highest BCUT2D eigenvalue weighted by atomic mass is 127. The van der Waals surface area contributed by atoms with Crippen molar-refractivity contribution in [3.63, 3.8) is 0 Å². The molecule has 0 aliphatic rings. The number of thiophene rings is 1. The van der Waals surface area contributed by atoms with E-state index in [0.717, 1.165) is 19.6 Å². The van der Waals surface area contributed by atoms with Crippen LogP contribution in [0.3, 0.4) is 0 Å². The third-order valence-corrected chi connectivity index (χ3v) is 4.19. The van der Waals surface area contributed by atoms with E-state index >= 15 is 0 Å². The summed E-state index contributed by atoms with van der Waals surface area (Å²) in [6.45, 7) is 2.53. The molecule has 2 rings (SSSR count). The van der Waals surface area contributed by atoms with Gasteiger partial charge in [0.25, 0.3) is 5.91 Å². The number of hydrogen-bond donors (Lipinski definition) is 1. The molecule has 3 nitrogen and oxygen atoms in total. The van der Waals surface area contributed by atoms with Crippen LogP contribution in [0.25, 0.3) is 0 Å². The molecule has 0 atom stereocenters. The van der Waals surface area contributed by atoms with E-state index < -0.39 is 0 Å². The maximum absolute atomic E-state index is 11.8. The zero-order valence-electron chi connectivity index (χ0n) is 9.24. The molecule has 1 amide bonds. The number of aryl methyl sites for hydroxylation is 1. The predicted molar refractivity (Wildman–Crippen MR) is 77.2 cm³/mol. The van der Waals surface area contributed by atoms with Gasteiger partial charge in [0, 0.05) is 24.3 Å². The predicted octanol–water partition coefficient (Wildman–Crippen LogP) is 2.99. The molecule has 0 aromatic carbocycles. The molecule has 2 aromatic rings. The summed E-state index contributed by atoms with van der Waals surface area (Å²) in [6, 6.07) is 3.81. The van der Waals surface area contributed by atoms with Crippen LogP contribution in [0.2, 0.25) is 0 Å². The van der Waals surface area contributed by atoms with E-state index in [-0.39, 0.29) is 5.91 Å². The van der Waals surface area contributed by atoms with Crippen LogP contribution in [-0.2, 0) is 6.54 Å². The van der Waals surface area contributed by atoms with Crippen molar-refractivity contribution in [2.75, 3.05) is 0 Å². The van der Waals surface area contributed by atoms with Crippen LogP contribution >= 0.6 is 33.9 Å². The summed E-state index contributed by atoms with van der Waals surface area (Å²) in [5, 5.41) is 4.78. The smallest absolute Gasteiger partial charge is 0.252 e. The topological polar surface area (TPSA) is 42.0 Å². The molecular formula is C12H11IN2OS. The van der Waals surface area contributed by atoms with Gasteiger partial charge in [0.1, 0.15) is 0 Å². The highest BCUT2D eigenvalue weighted by Gasteiger charge is 2.07. The first-order valence-corrected chi connectivity index (χ1v) is 7.04. The van der Waals surface area contributed by atoms with Crippen molar-refractivity contribution < 1.29 is 4.79 Å². The Morgan fingerprint density at radius 3 is 3.06 bits per heavy atom. The Labute approximate surface area is 117 Å². The lowest BCUT2D eigenvalue weighted by Crippen LogP contribution is -2.22. The number of nitrogens with zero attached hydrogens (tertiary/aromatic N) is 1. The molecule has 0 aliphatic carbocycles.